The van der Waals surface area contributed by atoms with Gasteiger partial charge in [-0.2, -0.15) is 0 Å². The minimum atomic E-state index is -1.00. The molecule has 4 atom stereocenters. The first-order valence-electron chi connectivity index (χ1n) is 11.7. The van der Waals surface area contributed by atoms with E-state index in [9.17, 15) is 14.4 Å². The minimum Gasteiger partial charge on any atom is -0.382 e. The van der Waals surface area contributed by atoms with Crippen LogP contribution in [0.3, 0.4) is 0 Å². The van der Waals surface area contributed by atoms with Crippen molar-refractivity contribution < 1.29 is 28.6 Å². The topological polar surface area (TPSA) is 131 Å². The van der Waals surface area contributed by atoms with Crippen LogP contribution in [0.4, 0.5) is 0 Å². The molecule has 11 heteroatoms. The smallest absolute Gasteiger partial charge is 0.263 e. The van der Waals surface area contributed by atoms with Crippen LogP contribution in [-0.2, 0) is 30.2 Å². The second kappa shape index (κ2) is 12.9. The van der Waals surface area contributed by atoms with Crippen LogP contribution in [0.25, 0.3) is 0 Å². The van der Waals surface area contributed by atoms with Gasteiger partial charge in [-0.1, -0.05) is 30.3 Å². The van der Waals surface area contributed by atoms with E-state index in [0.29, 0.717) is 24.3 Å². The number of amides is 3. The Balaban J connectivity index is 1.66. The van der Waals surface area contributed by atoms with Gasteiger partial charge in [0.25, 0.3) is 5.91 Å². The molecule has 1 aliphatic heterocycles. The van der Waals surface area contributed by atoms with Crippen molar-refractivity contribution in [3.63, 3.8) is 0 Å². The number of rotatable bonds is 14. The molecule has 36 heavy (non-hydrogen) atoms. The quantitative estimate of drug-likeness (QED) is 0.321. The van der Waals surface area contributed by atoms with Crippen LogP contribution >= 0.6 is 11.3 Å². The maximum Gasteiger partial charge on any atom is 0.263 e. The number of hydrogen-bond donors (Lipinski definition) is 3. The Morgan fingerprint density at radius 3 is 2.22 bits per heavy atom. The molecule has 2 aromatic rings. The van der Waals surface area contributed by atoms with E-state index in [1.165, 1.54) is 31.8 Å². The number of carbonyl (C=O) groups is 3. The SMILES string of the molecule is COC[C@H](NC(=O)c1cnc(C)s1)C(=O)N[C@@H](COC)C(=O)N[C@@H](Cc1ccccc1)C[C@@]1(C)CO1. The average Bonchev–Trinajstić information content (AvgIpc) is 3.40. The molecule has 0 unspecified atom stereocenters. The summed E-state index contributed by atoms with van der Waals surface area (Å²) in [4.78, 5) is 43.3. The predicted octanol–water partition coefficient (Wildman–Crippen LogP) is 1.23. The fourth-order valence-corrected chi connectivity index (χ4v) is 4.48. The summed E-state index contributed by atoms with van der Waals surface area (Å²) in [5.41, 5.74) is 0.816. The van der Waals surface area contributed by atoms with Gasteiger partial charge in [-0.25, -0.2) is 4.98 Å². The lowest BCUT2D eigenvalue weighted by Gasteiger charge is -2.26. The van der Waals surface area contributed by atoms with Crippen molar-refractivity contribution in [1.29, 1.82) is 0 Å². The molecule has 196 valence electrons. The summed E-state index contributed by atoms with van der Waals surface area (Å²) in [5, 5.41) is 9.14. The Morgan fingerprint density at radius 1 is 1.06 bits per heavy atom. The minimum absolute atomic E-state index is 0.0366. The molecule has 10 nitrogen and oxygen atoms in total. The van der Waals surface area contributed by atoms with E-state index >= 15 is 0 Å². The monoisotopic (exact) mass is 518 g/mol. The Labute approximate surface area is 215 Å². The van der Waals surface area contributed by atoms with Crippen molar-refractivity contribution in [1.82, 2.24) is 20.9 Å². The number of nitrogens with zero attached hydrogens (tertiary/aromatic N) is 1. The van der Waals surface area contributed by atoms with E-state index < -0.39 is 23.9 Å². The number of ether oxygens (including phenoxy) is 3. The van der Waals surface area contributed by atoms with Gasteiger partial charge >= 0.3 is 0 Å². The highest BCUT2D eigenvalue weighted by Crippen LogP contribution is 2.32. The second-order valence-corrected chi connectivity index (χ2v) is 10.3. The summed E-state index contributed by atoms with van der Waals surface area (Å²) in [6.45, 7) is 4.34. The Bertz CT molecular complexity index is 1030. The number of aryl methyl sites for hydroxylation is 1. The maximum absolute atomic E-state index is 13.2. The zero-order valence-corrected chi connectivity index (χ0v) is 21.9. The van der Waals surface area contributed by atoms with Crippen molar-refractivity contribution in [2.45, 2.75) is 50.4 Å². The molecule has 3 amide bonds. The highest BCUT2D eigenvalue weighted by atomic mass is 32.1. The third-order valence-electron chi connectivity index (χ3n) is 5.75. The van der Waals surface area contributed by atoms with Crippen LogP contribution in [-0.4, -0.2) is 80.5 Å². The molecular weight excluding hydrogens is 484 g/mol. The van der Waals surface area contributed by atoms with Gasteiger partial charge in [0, 0.05) is 20.3 Å². The molecule has 0 aliphatic carbocycles. The zero-order chi connectivity index (χ0) is 26.1. The standard InChI is InChI=1S/C25H34N4O6S/c1-16-26-12-21(36-16)24(32)29-20(14-34-4)23(31)28-19(13-33-3)22(30)27-18(11-25(2)15-35-25)10-17-8-6-5-7-9-17/h5-9,12,18-20H,10-11,13-15H2,1-4H3,(H,27,30)(H,28,31)(H,29,32)/t18-,19-,20-,25-/m0/s1. The number of benzene rings is 1. The first-order valence-corrected chi connectivity index (χ1v) is 12.5. The van der Waals surface area contributed by atoms with Crippen LogP contribution in [0.2, 0.25) is 0 Å². The van der Waals surface area contributed by atoms with Crippen molar-refractivity contribution in [3.05, 3.63) is 52.0 Å². The van der Waals surface area contributed by atoms with Crippen LogP contribution < -0.4 is 16.0 Å². The van der Waals surface area contributed by atoms with Gasteiger partial charge in [0.2, 0.25) is 11.8 Å². The van der Waals surface area contributed by atoms with Gasteiger partial charge in [-0.05, 0) is 32.3 Å². The average molecular weight is 519 g/mol. The molecule has 1 aromatic carbocycles. The van der Waals surface area contributed by atoms with E-state index in [1.807, 2.05) is 37.3 Å². The number of aromatic nitrogens is 1. The highest BCUT2D eigenvalue weighted by molar-refractivity contribution is 7.13. The summed E-state index contributed by atoms with van der Waals surface area (Å²) in [7, 11) is 2.88. The van der Waals surface area contributed by atoms with E-state index in [0.717, 1.165) is 10.6 Å². The molecule has 1 saturated heterocycles. The predicted molar refractivity (Wildman–Crippen MR) is 135 cm³/mol. The molecule has 0 saturated carbocycles. The normalized spacial score (nSPS) is 19.1. The van der Waals surface area contributed by atoms with Crippen LogP contribution in [0, 0.1) is 6.92 Å². The molecule has 1 aliphatic rings. The molecule has 0 bridgehead atoms. The molecule has 0 spiro atoms. The summed E-state index contributed by atoms with van der Waals surface area (Å²) in [5.74, 6) is -1.37. The Morgan fingerprint density at radius 2 is 1.67 bits per heavy atom. The number of thiazole rings is 1. The molecule has 1 aromatic heterocycles. The fourth-order valence-electron chi connectivity index (χ4n) is 3.80. The summed E-state index contributed by atoms with van der Waals surface area (Å²) in [6, 6.07) is 7.69. The molecule has 3 rings (SSSR count). The van der Waals surface area contributed by atoms with Gasteiger partial charge in [0.05, 0.1) is 36.6 Å². The van der Waals surface area contributed by atoms with Gasteiger partial charge in [-0.3, -0.25) is 14.4 Å². The van der Waals surface area contributed by atoms with Crippen LogP contribution in [0.5, 0.6) is 0 Å². The highest BCUT2D eigenvalue weighted by Gasteiger charge is 2.42. The van der Waals surface area contributed by atoms with E-state index in [-0.39, 0.29) is 30.8 Å². The van der Waals surface area contributed by atoms with Crippen molar-refractivity contribution in [2.75, 3.05) is 34.0 Å². The van der Waals surface area contributed by atoms with Crippen molar-refractivity contribution in [3.8, 4) is 0 Å². The molecule has 0 radical (unpaired) electrons. The Kier molecular flexibility index (Phi) is 9.94. The summed E-state index contributed by atoms with van der Waals surface area (Å²) >= 11 is 1.22. The third kappa shape index (κ3) is 8.37. The lowest BCUT2D eigenvalue weighted by molar-refractivity contribution is -0.132. The molecule has 3 N–H and O–H groups in total. The molecular formula is C25H34N4O6S. The third-order valence-corrected chi connectivity index (χ3v) is 6.66. The zero-order valence-electron chi connectivity index (χ0n) is 21.0. The lowest BCUT2D eigenvalue weighted by atomic mass is 9.96. The van der Waals surface area contributed by atoms with E-state index in [4.69, 9.17) is 14.2 Å². The van der Waals surface area contributed by atoms with Crippen molar-refractivity contribution >= 4 is 29.1 Å². The number of methoxy groups -OCH3 is 2. The number of nitrogens with one attached hydrogen (secondary N) is 3. The van der Waals surface area contributed by atoms with E-state index in [2.05, 4.69) is 20.9 Å². The second-order valence-electron chi connectivity index (χ2n) is 9.08. The van der Waals surface area contributed by atoms with Gasteiger partial charge in [0.1, 0.15) is 17.0 Å². The van der Waals surface area contributed by atoms with Gasteiger partial charge < -0.3 is 30.2 Å². The largest absolute Gasteiger partial charge is 0.382 e. The lowest BCUT2D eigenvalue weighted by Crippen LogP contribution is -2.57. The van der Waals surface area contributed by atoms with Gasteiger partial charge in [-0.15, -0.1) is 11.3 Å². The first kappa shape index (κ1) is 27.7. The van der Waals surface area contributed by atoms with Crippen LogP contribution in [0.15, 0.2) is 36.5 Å². The summed E-state index contributed by atoms with van der Waals surface area (Å²) in [6.07, 6.45) is 2.71. The fraction of sp³-hybridized carbons (Fsp3) is 0.520. The van der Waals surface area contributed by atoms with Crippen LogP contribution in [0.1, 0.15) is 33.6 Å². The number of carbonyl (C=O) groups excluding carboxylic acids is 3. The number of hydrogen-bond acceptors (Lipinski definition) is 8. The molecule has 1 fully saturated rings. The van der Waals surface area contributed by atoms with E-state index in [1.54, 1.807) is 6.92 Å². The Hall–Kier alpha value is -2.86. The molecule has 2 heterocycles. The van der Waals surface area contributed by atoms with Gasteiger partial charge in [0.15, 0.2) is 0 Å². The first-order chi connectivity index (χ1) is 17.2. The summed E-state index contributed by atoms with van der Waals surface area (Å²) < 4.78 is 15.9. The maximum atomic E-state index is 13.2. The van der Waals surface area contributed by atoms with Crippen molar-refractivity contribution in [2.24, 2.45) is 0 Å². The number of epoxide rings is 1.